The zero-order valence-corrected chi connectivity index (χ0v) is 22.0. The summed E-state index contributed by atoms with van der Waals surface area (Å²) in [5, 5.41) is 18.3. The second-order valence-corrected chi connectivity index (χ2v) is 9.20. The van der Waals surface area contributed by atoms with E-state index < -0.39 is 0 Å². The maximum absolute atomic E-state index is 13.1. The number of carbonyl (C=O) groups excluding carboxylic acids is 1. The standard InChI is InChI=1S/C29H30N6O3/c1-6-35-18(4)26(17(3)34-35)16(2)31-28(37)20-9-11-23-24(15-20)33-27(32-23)22-14-19(10-12-25(22)36)21-8-7-13-30-29(21)38-5/h7-16,36H,6H2,1-5H3,(H,31,37)(H,32,33). The van der Waals surface area contributed by atoms with Crippen molar-refractivity contribution in [2.24, 2.45) is 0 Å². The Morgan fingerprint density at radius 3 is 2.71 bits per heavy atom. The van der Waals surface area contributed by atoms with E-state index in [0.29, 0.717) is 28.3 Å². The Morgan fingerprint density at radius 1 is 1.16 bits per heavy atom. The lowest BCUT2D eigenvalue weighted by Gasteiger charge is -2.15. The average Bonchev–Trinajstić information content (AvgIpc) is 3.47. The van der Waals surface area contributed by atoms with Crippen molar-refractivity contribution >= 4 is 16.9 Å². The first kappa shape index (κ1) is 25.0. The molecule has 2 aromatic carbocycles. The molecule has 0 saturated heterocycles. The first-order chi connectivity index (χ1) is 18.3. The number of benzene rings is 2. The number of rotatable bonds is 7. The van der Waals surface area contributed by atoms with Crippen molar-refractivity contribution in [3.05, 3.63) is 77.2 Å². The summed E-state index contributed by atoms with van der Waals surface area (Å²) in [6.45, 7) is 8.77. The number of phenolic OH excluding ortho intramolecular Hbond substituents is 1. The predicted octanol–water partition coefficient (Wildman–Crippen LogP) is 5.33. The minimum atomic E-state index is -0.197. The number of pyridine rings is 1. The third kappa shape index (κ3) is 4.47. The predicted molar refractivity (Wildman–Crippen MR) is 146 cm³/mol. The molecule has 9 nitrogen and oxygen atoms in total. The number of nitrogens with zero attached hydrogens (tertiary/aromatic N) is 4. The molecule has 3 aromatic heterocycles. The van der Waals surface area contributed by atoms with Gasteiger partial charge in [0.2, 0.25) is 5.88 Å². The third-order valence-electron chi connectivity index (χ3n) is 6.79. The third-order valence-corrected chi connectivity index (χ3v) is 6.79. The Labute approximate surface area is 220 Å². The summed E-state index contributed by atoms with van der Waals surface area (Å²) in [6, 6.07) is 14.1. The summed E-state index contributed by atoms with van der Waals surface area (Å²) in [4.78, 5) is 25.3. The molecule has 0 aliphatic rings. The molecule has 1 amide bonds. The van der Waals surface area contributed by atoms with E-state index in [2.05, 4.69) is 25.4 Å². The monoisotopic (exact) mass is 510 g/mol. The minimum absolute atomic E-state index is 0.0841. The number of fused-ring (bicyclic) bond motifs is 1. The van der Waals surface area contributed by atoms with Crippen LogP contribution in [0.15, 0.2) is 54.7 Å². The Bertz CT molecular complexity index is 1650. The summed E-state index contributed by atoms with van der Waals surface area (Å²) in [7, 11) is 1.57. The number of imidazole rings is 1. The number of methoxy groups -OCH3 is 1. The molecule has 3 heterocycles. The first-order valence-corrected chi connectivity index (χ1v) is 12.5. The van der Waals surface area contributed by atoms with Gasteiger partial charge in [-0.3, -0.25) is 9.48 Å². The van der Waals surface area contributed by atoms with Gasteiger partial charge < -0.3 is 20.1 Å². The van der Waals surface area contributed by atoms with E-state index in [1.165, 1.54) is 0 Å². The molecule has 1 atom stereocenters. The van der Waals surface area contributed by atoms with Crippen molar-refractivity contribution in [3.8, 4) is 34.1 Å². The van der Waals surface area contributed by atoms with Crippen molar-refractivity contribution in [3.63, 3.8) is 0 Å². The summed E-state index contributed by atoms with van der Waals surface area (Å²) >= 11 is 0. The lowest BCUT2D eigenvalue weighted by molar-refractivity contribution is 0.0940. The molecule has 5 rings (SSSR count). The number of carbonyl (C=O) groups is 1. The number of H-pyrrole nitrogens is 1. The molecule has 5 aromatic rings. The highest BCUT2D eigenvalue weighted by molar-refractivity contribution is 5.98. The van der Waals surface area contributed by atoms with Crippen LogP contribution in [-0.2, 0) is 6.54 Å². The number of aromatic amines is 1. The van der Waals surface area contributed by atoms with Crippen molar-refractivity contribution in [2.45, 2.75) is 40.3 Å². The number of amides is 1. The molecule has 0 aliphatic heterocycles. The van der Waals surface area contributed by atoms with Crippen molar-refractivity contribution in [1.82, 2.24) is 30.0 Å². The average molecular weight is 511 g/mol. The molecule has 194 valence electrons. The van der Waals surface area contributed by atoms with E-state index in [1.807, 2.05) is 56.6 Å². The van der Waals surface area contributed by atoms with Crippen molar-refractivity contribution in [1.29, 1.82) is 0 Å². The Kier molecular flexibility index (Phi) is 6.59. The molecule has 0 aliphatic carbocycles. The highest BCUT2D eigenvalue weighted by Gasteiger charge is 2.20. The number of aromatic hydroxyl groups is 1. The minimum Gasteiger partial charge on any atom is -0.507 e. The van der Waals surface area contributed by atoms with Crippen LogP contribution in [0.25, 0.3) is 33.5 Å². The SMILES string of the molecule is CCn1nc(C)c(C(C)NC(=O)c2ccc3[nH]c(-c4cc(-c5cccnc5OC)ccc4O)nc3c2)c1C. The molecule has 0 radical (unpaired) electrons. The molecule has 9 heteroatoms. The summed E-state index contributed by atoms with van der Waals surface area (Å²) in [5.41, 5.74) is 7.03. The summed E-state index contributed by atoms with van der Waals surface area (Å²) < 4.78 is 7.34. The van der Waals surface area contributed by atoms with Crippen molar-refractivity contribution in [2.75, 3.05) is 7.11 Å². The molecule has 1 unspecified atom stereocenters. The second kappa shape index (κ2) is 10.0. The van der Waals surface area contributed by atoms with Gasteiger partial charge in [0, 0.05) is 35.1 Å². The molecule has 0 spiro atoms. The van der Waals surface area contributed by atoms with E-state index in [0.717, 1.165) is 40.1 Å². The van der Waals surface area contributed by atoms with E-state index in [1.54, 1.807) is 37.6 Å². The number of nitrogens with one attached hydrogen (secondary N) is 2. The van der Waals surface area contributed by atoms with Gasteiger partial charge in [-0.25, -0.2) is 9.97 Å². The van der Waals surface area contributed by atoms with Crippen LogP contribution in [0, 0.1) is 13.8 Å². The van der Waals surface area contributed by atoms with Gasteiger partial charge in [-0.15, -0.1) is 0 Å². The highest BCUT2D eigenvalue weighted by Crippen LogP contribution is 2.35. The zero-order valence-electron chi connectivity index (χ0n) is 22.0. The van der Waals surface area contributed by atoms with Gasteiger partial charge in [-0.1, -0.05) is 6.07 Å². The van der Waals surface area contributed by atoms with Gasteiger partial charge in [0.15, 0.2) is 0 Å². The van der Waals surface area contributed by atoms with Crippen LogP contribution in [0.4, 0.5) is 0 Å². The zero-order chi connectivity index (χ0) is 27.0. The largest absolute Gasteiger partial charge is 0.507 e. The van der Waals surface area contributed by atoms with Gasteiger partial charge in [0.05, 0.1) is 35.4 Å². The maximum Gasteiger partial charge on any atom is 0.251 e. The van der Waals surface area contributed by atoms with E-state index in [4.69, 9.17) is 4.74 Å². The molecule has 0 saturated carbocycles. The molecule has 0 bridgehead atoms. The molecular weight excluding hydrogens is 480 g/mol. The van der Waals surface area contributed by atoms with E-state index in [-0.39, 0.29) is 17.7 Å². The Balaban J connectivity index is 1.44. The quantitative estimate of drug-likeness (QED) is 0.272. The Hall–Kier alpha value is -4.66. The number of hydrogen-bond acceptors (Lipinski definition) is 6. The van der Waals surface area contributed by atoms with Crippen LogP contribution in [-0.4, -0.2) is 42.9 Å². The van der Waals surface area contributed by atoms with Crippen LogP contribution in [0.2, 0.25) is 0 Å². The normalized spacial score (nSPS) is 12.0. The topological polar surface area (TPSA) is 118 Å². The van der Waals surface area contributed by atoms with E-state index >= 15 is 0 Å². The highest BCUT2D eigenvalue weighted by atomic mass is 16.5. The number of hydrogen-bond donors (Lipinski definition) is 3. The molecular formula is C29H30N6O3. The van der Waals surface area contributed by atoms with Crippen LogP contribution in [0.1, 0.15) is 47.2 Å². The Morgan fingerprint density at radius 2 is 1.97 bits per heavy atom. The smallest absolute Gasteiger partial charge is 0.251 e. The van der Waals surface area contributed by atoms with Crippen molar-refractivity contribution < 1.29 is 14.6 Å². The number of ether oxygens (including phenoxy) is 1. The first-order valence-electron chi connectivity index (χ1n) is 12.5. The van der Waals surface area contributed by atoms with Gasteiger partial charge >= 0.3 is 0 Å². The van der Waals surface area contributed by atoms with Crippen LogP contribution >= 0.6 is 0 Å². The fraction of sp³-hybridized carbons (Fsp3) is 0.241. The fourth-order valence-corrected chi connectivity index (χ4v) is 4.94. The molecule has 3 N–H and O–H groups in total. The lowest BCUT2D eigenvalue weighted by atomic mass is 10.0. The van der Waals surface area contributed by atoms with Crippen LogP contribution in [0.5, 0.6) is 11.6 Å². The van der Waals surface area contributed by atoms with Crippen LogP contribution in [0.3, 0.4) is 0 Å². The van der Waals surface area contributed by atoms with Gasteiger partial charge in [0.1, 0.15) is 11.6 Å². The summed E-state index contributed by atoms with van der Waals surface area (Å²) in [5.74, 6) is 0.874. The fourth-order valence-electron chi connectivity index (χ4n) is 4.94. The number of aromatic nitrogens is 5. The number of aryl methyl sites for hydroxylation is 2. The lowest BCUT2D eigenvalue weighted by Crippen LogP contribution is -2.27. The maximum atomic E-state index is 13.1. The van der Waals surface area contributed by atoms with Gasteiger partial charge in [-0.05, 0) is 75.7 Å². The second-order valence-electron chi connectivity index (χ2n) is 9.20. The van der Waals surface area contributed by atoms with E-state index in [9.17, 15) is 9.90 Å². The van der Waals surface area contributed by atoms with Gasteiger partial charge in [-0.2, -0.15) is 5.10 Å². The number of phenols is 1. The van der Waals surface area contributed by atoms with Gasteiger partial charge in [0.25, 0.3) is 5.91 Å². The molecule has 0 fully saturated rings. The van der Waals surface area contributed by atoms with Crippen LogP contribution < -0.4 is 10.1 Å². The molecule has 38 heavy (non-hydrogen) atoms. The summed E-state index contributed by atoms with van der Waals surface area (Å²) in [6.07, 6.45) is 1.66.